The molecular formula is C12H9BrClNO2S. The van der Waals surface area contributed by atoms with E-state index in [-0.39, 0.29) is 4.90 Å². The molecule has 0 heterocycles. The smallest absolute Gasteiger partial charge is 0.261 e. The van der Waals surface area contributed by atoms with Crippen molar-refractivity contribution in [3.05, 3.63) is 58.0 Å². The molecule has 0 spiro atoms. The number of hydrogen-bond donors (Lipinski definition) is 1. The lowest BCUT2D eigenvalue weighted by atomic mass is 10.3. The molecule has 94 valence electrons. The molecule has 0 atom stereocenters. The minimum absolute atomic E-state index is 0.215. The van der Waals surface area contributed by atoms with Gasteiger partial charge in [0, 0.05) is 9.50 Å². The first kappa shape index (κ1) is 13.4. The van der Waals surface area contributed by atoms with Crippen LogP contribution in [0, 0.1) is 0 Å². The fraction of sp³-hybridized carbons (Fsp3) is 0. The van der Waals surface area contributed by atoms with Crippen LogP contribution in [0.15, 0.2) is 57.9 Å². The molecule has 0 amide bonds. The zero-order valence-corrected chi connectivity index (χ0v) is 12.3. The van der Waals surface area contributed by atoms with Gasteiger partial charge in [0.1, 0.15) is 0 Å². The number of benzene rings is 2. The van der Waals surface area contributed by atoms with Crippen LogP contribution in [0.2, 0.25) is 5.02 Å². The topological polar surface area (TPSA) is 46.2 Å². The van der Waals surface area contributed by atoms with Gasteiger partial charge in [0.25, 0.3) is 10.0 Å². The van der Waals surface area contributed by atoms with Crippen LogP contribution in [0.25, 0.3) is 0 Å². The molecule has 3 nitrogen and oxygen atoms in total. The Bertz CT molecular complexity index is 659. The Kier molecular flexibility index (Phi) is 3.94. The number of anilines is 1. The Morgan fingerprint density at radius 2 is 1.72 bits per heavy atom. The first-order valence-corrected chi connectivity index (χ1v) is 7.67. The van der Waals surface area contributed by atoms with Crippen molar-refractivity contribution in [3.8, 4) is 0 Å². The number of nitrogens with one attached hydrogen (secondary N) is 1. The van der Waals surface area contributed by atoms with Crippen molar-refractivity contribution in [1.29, 1.82) is 0 Å². The zero-order chi connectivity index (χ0) is 13.2. The summed E-state index contributed by atoms with van der Waals surface area (Å²) in [4.78, 5) is 0.215. The number of halogens is 2. The van der Waals surface area contributed by atoms with E-state index in [4.69, 9.17) is 11.6 Å². The van der Waals surface area contributed by atoms with Gasteiger partial charge in [0.2, 0.25) is 0 Å². The number of hydrogen-bond acceptors (Lipinski definition) is 2. The number of sulfonamides is 1. The van der Waals surface area contributed by atoms with Crippen LogP contribution in [0.4, 0.5) is 5.69 Å². The summed E-state index contributed by atoms with van der Waals surface area (Å²) in [5.74, 6) is 0. The van der Waals surface area contributed by atoms with Gasteiger partial charge in [-0.2, -0.15) is 0 Å². The van der Waals surface area contributed by atoms with E-state index in [2.05, 4.69) is 20.7 Å². The van der Waals surface area contributed by atoms with E-state index in [1.807, 2.05) is 0 Å². The minimum atomic E-state index is -3.57. The fourth-order valence-electron chi connectivity index (χ4n) is 1.38. The van der Waals surface area contributed by atoms with Crippen LogP contribution in [0.1, 0.15) is 0 Å². The Morgan fingerprint density at radius 3 is 2.33 bits per heavy atom. The summed E-state index contributed by atoms with van der Waals surface area (Å²) >= 11 is 9.06. The maximum absolute atomic E-state index is 12.1. The SMILES string of the molecule is O=S(=O)(Nc1ccc(Cl)cc1Br)c1ccccc1. The van der Waals surface area contributed by atoms with Gasteiger partial charge < -0.3 is 0 Å². The summed E-state index contributed by atoms with van der Waals surface area (Å²) in [5, 5.41) is 0.532. The molecule has 0 bridgehead atoms. The van der Waals surface area contributed by atoms with Crippen molar-refractivity contribution < 1.29 is 8.42 Å². The summed E-state index contributed by atoms with van der Waals surface area (Å²) in [5.41, 5.74) is 0.447. The lowest BCUT2D eigenvalue weighted by molar-refractivity contribution is 0.601. The molecule has 0 unspecified atom stereocenters. The van der Waals surface area contributed by atoms with Crippen LogP contribution < -0.4 is 4.72 Å². The third-order valence-electron chi connectivity index (χ3n) is 2.23. The second-order valence-corrected chi connectivity index (χ2v) is 6.52. The average Bonchev–Trinajstić information content (AvgIpc) is 2.34. The summed E-state index contributed by atoms with van der Waals surface area (Å²) in [6.07, 6.45) is 0. The molecule has 0 aliphatic carbocycles. The van der Waals surface area contributed by atoms with Crippen LogP contribution in [0.5, 0.6) is 0 Å². The van der Waals surface area contributed by atoms with Crippen molar-refractivity contribution >= 4 is 43.2 Å². The predicted molar refractivity (Wildman–Crippen MR) is 76.4 cm³/mol. The van der Waals surface area contributed by atoms with Crippen molar-refractivity contribution in [2.45, 2.75) is 4.90 Å². The Morgan fingerprint density at radius 1 is 1.06 bits per heavy atom. The monoisotopic (exact) mass is 345 g/mol. The molecule has 1 N–H and O–H groups in total. The lowest BCUT2D eigenvalue weighted by Gasteiger charge is -2.09. The summed E-state index contributed by atoms with van der Waals surface area (Å²) in [6.45, 7) is 0. The van der Waals surface area contributed by atoms with Crippen LogP contribution in [-0.2, 0) is 10.0 Å². The molecule has 0 aliphatic rings. The standard InChI is InChI=1S/C12H9BrClNO2S/c13-11-8-9(14)6-7-12(11)15-18(16,17)10-4-2-1-3-5-10/h1-8,15H. The average molecular weight is 347 g/mol. The molecule has 0 fully saturated rings. The van der Waals surface area contributed by atoms with E-state index in [0.29, 0.717) is 15.2 Å². The largest absolute Gasteiger partial charge is 0.278 e. The molecule has 0 radical (unpaired) electrons. The van der Waals surface area contributed by atoms with E-state index in [1.54, 1.807) is 36.4 Å². The number of rotatable bonds is 3. The Hall–Kier alpha value is -1.04. The van der Waals surface area contributed by atoms with E-state index in [1.165, 1.54) is 12.1 Å². The molecule has 0 aromatic heterocycles. The Balaban J connectivity index is 2.34. The van der Waals surface area contributed by atoms with Crippen LogP contribution in [-0.4, -0.2) is 8.42 Å². The molecule has 2 rings (SSSR count). The maximum Gasteiger partial charge on any atom is 0.261 e. The second-order valence-electron chi connectivity index (χ2n) is 3.54. The highest BCUT2D eigenvalue weighted by atomic mass is 79.9. The highest BCUT2D eigenvalue weighted by Gasteiger charge is 2.14. The van der Waals surface area contributed by atoms with Gasteiger partial charge in [0.15, 0.2) is 0 Å². The molecule has 0 saturated heterocycles. The fourth-order valence-corrected chi connectivity index (χ4v) is 3.39. The van der Waals surface area contributed by atoms with E-state index < -0.39 is 10.0 Å². The highest BCUT2D eigenvalue weighted by molar-refractivity contribution is 9.10. The van der Waals surface area contributed by atoms with E-state index >= 15 is 0 Å². The van der Waals surface area contributed by atoms with Gasteiger partial charge in [-0.05, 0) is 46.3 Å². The van der Waals surface area contributed by atoms with Crippen LogP contribution >= 0.6 is 27.5 Å². The van der Waals surface area contributed by atoms with E-state index in [0.717, 1.165) is 0 Å². The normalized spacial score (nSPS) is 11.2. The van der Waals surface area contributed by atoms with Gasteiger partial charge in [0.05, 0.1) is 10.6 Å². The molecule has 6 heteroatoms. The summed E-state index contributed by atoms with van der Waals surface area (Å²) < 4.78 is 27.2. The summed E-state index contributed by atoms with van der Waals surface area (Å²) in [7, 11) is -3.57. The molecule has 2 aromatic carbocycles. The molecule has 2 aromatic rings. The molecule has 18 heavy (non-hydrogen) atoms. The summed E-state index contributed by atoms with van der Waals surface area (Å²) in [6, 6.07) is 13.0. The van der Waals surface area contributed by atoms with Crippen molar-refractivity contribution in [2.24, 2.45) is 0 Å². The van der Waals surface area contributed by atoms with Gasteiger partial charge in [-0.15, -0.1) is 0 Å². The first-order chi connectivity index (χ1) is 8.49. The van der Waals surface area contributed by atoms with Crippen LogP contribution in [0.3, 0.4) is 0 Å². The van der Waals surface area contributed by atoms with Crippen molar-refractivity contribution in [2.75, 3.05) is 4.72 Å². The quantitative estimate of drug-likeness (QED) is 0.916. The van der Waals surface area contributed by atoms with Crippen molar-refractivity contribution in [3.63, 3.8) is 0 Å². The first-order valence-electron chi connectivity index (χ1n) is 5.02. The van der Waals surface area contributed by atoms with E-state index in [9.17, 15) is 8.42 Å². The second kappa shape index (κ2) is 5.30. The lowest BCUT2D eigenvalue weighted by Crippen LogP contribution is -2.13. The predicted octanol–water partition coefficient (Wildman–Crippen LogP) is 3.90. The highest BCUT2D eigenvalue weighted by Crippen LogP contribution is 2.27. The van der Waals surface area contributed by atoms with Gasteiger partial charge in [-0.25, -0.2) is 8.42 Å². The third-order valence-corrected chi connectivity index (χ3v) is 4.50. The van der Waals surface area contributed by atoms with Crippen molar-refractivity contribution in [1.82, 2.24) is 0 Å². The van der Waals surface area contributed by atoms with Gasteiger partial charge >= 0.3 is 0 Å². The minimum Gasteiger partial charge on any atom is -0.278 e. The Labute approximate surface area is 119 Å². The van der Waals surface area contributed by atoms with Gasteiger partial charge in [-0.1, -0.05) is 29.8 Å². The maximum atomic E-state index is 12.1. The molecule has 0 saturated carbocycles. The third kappa shape index (κ3) is 3.04. The molecular weight excluding hydrogens is 338 g/mol. The molecule has 0 aliphatic heterocycles. The zero-order valence-electron chi connectivity index (χ0n) is 9.10. The van der Waals surface area contributed by atoms with Gasteiger partial charge in [-0.3, -0.25) is 4.72 Å².